The van der Waals surface area contributed by atoms with Gasteiger partial charge in [-0.05, 0) is 48.6 Å². The summed E-state index contributed by atoms with van der Waals surface area (Å²) in [5.41, 5.74) is 22.3. The Balaban J connectivity index is 2.39. The number of thiocarbonyl (C=S) groups is 2. The van der Waals surface area contributed by atoms with Gasteiger partial charge >= 0.3 is 0 Å². The number of hydrogen-bond acceptors (Lipinski definition) is 4. The van der Waals surface area contributed by atoms with Gasteiger partial charge in [-0.2, -0.15) is 0 Å². The molecule has 0 saturated carbocycles. The number of carbonyl (C=O) groups is 2. The van der Waals surface area contributed by atoms with Crippen molar-refractivity contribution in [3.05, 3.63) is 58.4 Å². The second kappa shape index (κ2) is 9.48. The number of rotatable bonds is 4. The standard InChI is InChI=1S/C17H19N7O2S2/c1-9-12(14(25)21-23-16(18)27)11(8-7-10-5-3-2-4-6-10)20-13(9)15(26)22-24-17(19)28/h2-8,20H,1H3,(H,21,25)(H,22,26)(H3,18,23,27)(H3,19,24,28)/b8-7+. The van der Waals surface area contributed by atoms with E-state index < -0.39 is 11.8 Å². The van der Waals surface area contributed by atoms with Crippen LogP contribution in [0.1, 0.15) is 37.7 Å². The number of benzene rings is 1. The van der Waals surface area contributed by atoms with E-state index in [1.807, 2.05) is 30.3 Å². The highest BCUT2D eigenvalue weighted by atomic mass is 32.1. The molecule has 11 heteroatoms. The predicted octanol–water partition coefficient (Wildman–Crippen LogP) is 0.450. The molecule has 0 saturated heterocycles. The number of nitrogens with two attached hydrogens (primary N) is 2. The molecule has 0 aliphatic heterocycles. The van der Waals surface area contributed by atoms with Gasteiger partial charge in [-0.3, -0.25) is 31.3 Å². The Bertz CT molecular complexity index is 938. The molecule has 9 nitrogen and oxygen atoms in total. The fourth-order valence-electron chi connectivity index (χ4n) is 2.37. The lowest BCUT2D eigenvalue weighted by molar-refractivity contribution is 0.0937. The third-order valence-corrected chi connectivity index (χ3v) is 3.78. The van der Waals surface area contributed by atoms with Gasteiger partial charge in [0.1, 0.15) is 5.69 Å². The SMILES string of the molecule is Cc1c(C(=O)NNC(N)=S)[nH]c(/C=C/c2ccccc2)c1C(=O)NNC(N)=S. The molecule has 2 amide bonds. The third kappa shape index (κ3) is 5.53. The normalized spacial score (nSPS) is 10.3. The molecule has 0 spiro atoms. The lowest BCUT2D eigenvalue weighted by Gasteiger charge is -2.07. The highest BCUT2D eigenvalue weighted by Gasteiger charge is 2.23. The van der Waals surface area contributed by atoms with Crippen molar-refractivity contribution in [2.45, 2.75) is 6.92 Å². The molecular formula is C17H19N7O2S2. The lowest BCUT2D eigenvalue weighted by atomic mass is 10.1. The molecule has 0 unspecified atom stereocenters. The van der Waals surface area contributed by atoms with Crippen molar-refractivity contribution in [2.75, 3.05) is 0 Å². The second-order valence-corrected chi connectivity index (χ2v) is 6.42. The molecule has 28 heavy (non-hydrogen) atoms. The van der Waals surface area contributed by atoms with Crippen LogP contribution in [0.4, 0.5) is 0 Å². The lowest BCUT2D eigenvalue weighted by Crippen LogP contribution is -2.45. The topological polar surface area (TPSA) is 150 Å². The van der Waals surface area contributed by atoms with Gasteiger partial charge in [0.25, 0.3) is 11.8 Å². The Kier molecular flexibility index (Phi) is 7.07. The quantitative estimate of drug-likeness (QED) is 0.280. The van der Waals surface area contributed by atoms with Gasteiger partial charge in [0.2, 0.25) is 0 Å². The molecule has 2 rings (SSSR count). The maximum Gasteiger partial charge on any atom is 0.286 e. The number of H-pyrrole nitrogens is 1. The van der Waals surface area contributed by atoms with Crippen LogP contribution in [-0.4, -0.2) is 27.0 Å². The smallest absolute Gasteiger partial charge is 0.286 e. The first-order chi connectivity index (χ1) is 13.3. The Morgan fingerprint density at radius 2 is 1.50 bits per heavy atom. The second-order valence-electron chi connectivity index (χ2n) is 5.54. The van der Waals surface area contributed by atoms with Gasteiger partial charge in [-0.1, -0.05) is 36.4 Å². The molecule has 0 radical (unpaired) electrons. The van der Waals surface area contributed by atoms with Crippen LogP contribution in [0.3, 0.4) is 0 Å². The van der Waals surface area contributed by atoms with Gasteiger partial charge in [-0.15, -0.1) is 0 Å². The first-order valence-electron chi connectivity index (χ1n) is 7.97. The summed E-state index contributed by atoms with van der Waals surface area (Å²) in [6.07, 6.45) is 3.49. The molecule has 1 aromatic heterocycles. The molecule has 0 atom stereocenters. The summed E-state index contributed by atoms with van der Waals surface area (Å²) in [5, 5.41) is -0.193. The summed E-state index contributed by atoms with van der Waals surface area (Å²) in [6, 6.07) is 9.48. The molecule has 146 valence electrons. The Morgan fingerprint density at radius 1 is 0.929 bits per heavy atom. The van der Waals surface area contributed by atoms with Crippen LogP contribution in [0, 0.1) is 6.92 Å². The number of carbonyl (C=O) groups excluding carboxylic acids is 2. The zero-order chi connectivity index (χ0) is 20.7. The van der Waals surface area contributed by atoms with Gasteiger partial charge < -0.3 is 16.5 Å². The maximum absolute atomic E-state index is 12.6. The number of nitrogens with one attached hydrogen (secondary N) is 5. The molecule has 0 aliphatic carbocycles. The van der Waals surface area contributed by atoms with E-state index in [4.69, 9.17) is 11.5 Å². The van der Waals surface area contributed by atoms with E-state index in [-0.39, 0.29) is 21.5 Å². The Morgan fingerprint density at radius 3 is 2.07 bits per heavy atom. The van der Waals surface area contributed by atoms with Crippen LogP contribution in [0.5, 0.6) is 0 Å². The summed E-state index contributed by atoms with van der Waals surface area (Å²) < 4.78 is 0. The molecular weight excluding hydrogens is 398 g/mol. The van der Waals surface area contributed by atoms with E-state index >= 15 is 0 Å². The molecule has 0 aliphatic rings. The Hall–Kier alpha value is -3.44. The maximum atomic E-state index is 12.6. The van der Waals surface area contributed by atoms with Crippen molar-refractivity contribution in [1.29, 1.82) is 0 Å². The average Bonchev–Trinajstić information content (AvgIpc) is 2.99. The number of aromatic amines is 1. The first kappa shape index (κ1) is 20.9. The van der Waals surface area contributed by atoms with Gasteiger partial charge in [0, 0.05) is 0 Å². The molecule has 1 aromatic carbocycles. The summed E-state index contributed by atoms with van der Waals surface area (Å²) in [7, 11) is 0. The predicted molar refractivity (Wildman–Crippen MR) is 116 cm³/mol. The van der Waals surface area contributed by atoms with Crippen LogP contribution in [-0.2, 0) is 0 Å². The number of amides is 2. The molecule has 2 aromatic rings. The minimum atomic E-state index is -0.541. The summed E-state index contributed by atoms with van der Waals surface area (Å²) in [5.74, 6) is -1.06. The third-order valence-electron chi connectivity index (χ3n) is 3.57. The molecule has 0 bridgehead atoms. The van der Waals surface area contributed by atoms with Crippen LogP contribution < -0.4 is 33.2 Å². The number of hydrazine groups is 2. The zero-order valence-corrected chi connectivity index (χ0v) is 16.5. The number of hydrogen-bond donors (Lipinski definition) is 7. The van der Waals surface area contributed by atoms with E-state index in [9.17, 15) is 9.59 Å². The van der Waals surface area contributed by atoms with E-state index in [0.717, 1.165) is 5.56 Å². The fourth-order valence-corrected chi connectivity index (χ4v) is 2.47. The zero-order valence-electron chi connectivity index (χ0n) is 14.8. The first-order valence-corrected chi connectivity index (χ1v) is 8.78. The van der Waals surface area contributed by atoms with Gasteiger partial charge in [0.05, 0.1) is 11.3 Å². The van der Waals surface area contributed by atoms with Crippen LogP contribution >= 0.6 is 24.4 Å². The van der Waals surface area contributed by atoms with Gasteiger partial charge in [0.15, 0.2) is 10.2 Å². The summed E-state index contributed by atoms with van der Waals surface area (Å²) in [6.45, 7) is 1.63. The highest BCUT2D eigenvalue weighted by Crippen LogP contribution is 2.21. The fraction of sp³-hybridized carbons (Fsp3) is 0.0588. The van der Waals surface area contributed by atoms with Crippen molar-refractivity contribution in [1.82, 2.24) is 26.7 Å². The monoisotopic (exact) mass is 417 g/mol. The average molecular weight is 418 g/mol. The van der Waals surface area contributed by atoms with Crippen molar-refractivity contribution in [2.24, 2.45) is 11.5 Å². The molecule has 0 fully saturated rings. The molecule has 1 heterocycles. The van der Waals surface area contributed by atoms with E-state index in [0.29, 0.717) is 11.3 Å². The van der Waals surface area contributed by atoms with E-state index in [1.165, 1.54) is 0 Å². The molecule has 9 N–H and O–H groups in total. The van der Waals surface area contributed by atoms with Crippen molar-refractivity contribution < 1.29 is 9.59 Å². The minimum absolute atomic E-state index is 0.0958. The summed E-state index contributed by atoms with van der Waals surface area (Å²) in [4.78, 5) is 27.9. The van der Waals surface area contributed by atoms with Crippen molar-refractivity contribution in [3.8, 4) is 0 Å². The van der Waals surface area contributed by atoms with Crippen LogP contribution in [0.2, 0.25) is 0 Å². The largest absolute Gasteiger partial charge is 0.375 e. The van der Waals surface area contributed by atoms with Crippen LogP contribution in [0.25, 0.3) is 12.2 Å². The van der Waals surface area contributed by atoms with Crippen molar-refractivity contribution >= 4 is 58.6 Å². The van der Waals surface area contributed by atoms with Crippen molar-refractivity contribution in [3.63, 3.8) is 0 Å². The van der Waals surface area contributed by atoms with E-state index in [1.54, 1.807) is 19.1 Å². The Labute approximate surface area is 171 Å². The summed E-state index contributed by atoms with van der Waals surface area (Å²) >= 11 is 9.34. The van der Waals surface area contributed by atoms with Gasteiger partial charge in [-0.25, -0.2) is 0 Å². The van der Waals surface area contributed by atoms with Crippen LogP contribution in [0.15, 0.2) is 30.3 Å². The van der Waals surface area contributed by atoms with E-state index in [2.05, 4.69) is 51.1 Å². The highest BCUT2D eigenvalue weighted by molar-refractivity contribution is 7.80. The minimum Gasteiger partial charge on any atom is -0.375 e. The number of aromatic nitrogens is 1.